The van der Waals surface area contributed by atoms with Gasteiger partial charge in [0, 0.05) is 66.1 Å². The lowest BCUT2D eigenvalue weighted by atomic mass is 9.70. The Bertz CT molecular complexity index is 602. The molecule has 1 fully saturated rings. The molecule has 36 heavy (non-hydrogen) atoms. The van der Waals surface area contributed by atoms with Crippen molar-refractivity contribution in [3.63, 3.8) is 0 Å². The molecule has 0 aromatic carbocycles. The fourth-order valence-electron chi connectivity index (χ4n) is 5.61. The zero-order valence-electron chi connectivity index (χ0n) is 24.5. The molecule has 9 nitrogen and oxygen atoms in total. The van der Waals surface area contributed by atoms with Gasteiger partial charge in [-0.25, -0.2) is 0 Å². The first-order chi connectivity index (χ1) is 16.9. The first-order valence-corrected chi connectivity index (χ1v) is 13.8. The average molecular weight is 520 g/mol. The van der Waals surface area contributed by atoms with Crippen molar-refractivity contribution in [2.45, 2.75) is 114 Å². The van der Waals surface area contributed by atoms with E-state index in [4.69, 9.17) is 14.2 Å². The summed E-state index contributed by atoms with van der Waals surface area (Å²) in [6.45, 7) is 15.4. The number of β-amino-alcohol motifs (C(OH)–C–C–N with tert-alkyl or cyclic N) is 1. The molecule has 1 rings (SSSR count). The van der Waals surface area contributed by atoms with E-state index in [1.54, 1.807) is 21.3 Å². The second kappa shape index (κ2) is 14.7. The maximum atomic E-state index is 11.9. The Morgan fingerprint density at radius 1 is 0.722 bits per heavy atom. The van der Waals surface area contributed by atoms with Crippen molar-refractivity contribution in [1.29, 1.82) is 0 Å². The summed E-state index contributed by atoms with van der Waals surface area (Å²) in [7, 11) is 4.85. The van der Waals surface area contributed by atoms with E-state index in [1.807, 2.05) is 41.5 Å². The number of hydrogen-bond acceptors (Lipinski definition) is 9. The smallest absolute Gasteiger partial charge is 0.103 e. The van der Waals surface area contributed by atoms with Gasteiger partial charge in [-0.15, -0.1) is 0 Å². The third-order valence-corrected chi connectivity index (χ3v) is 9.06. The predicted octanol–water partition coefficient (Wildman–Crippen LogP) is 1.53. The molecule has 216 valence electrons. The van der Waals surface area contributed by atoms with Gasteiger partial charge in [0.25, 0.3) is 0 Å². The predicted molar refractivity (Wildman–Crippen MR) is 144 cm³/mol. The SMILES string of the molecule is CCC(O)(CN1CCNCCNCC1(CC(O)(CC)C(C)OC)CC(O)(CC)C(C)OC)C(C)OC. The Morgan fingerprint density at radius 2 is 1.14 bits per heavy atom. The molecule has 6 unspecified atom stereocenters. The van der Waals surface area contributed by atoms with Crippen LogP contribution in [0.15, 0.2) is 0 Å². The van der Waals surface area contributed by atoms with Crippen LogP contribution in [0.1, 0.15) is 73.6 Å². The summed E-state index contributed by atoms with van der Waals surface area (Å²) in [4.78, 5) is 2.27. The summed E-state index contributed by atoms with van der Waals surface area (Å²) in [5.74, 6) is 0. The van der Waals surface area contributed by atoms with Gasteiger partial charge in [-0.1, -0.05) is 20.8 Å². The third kappa shape index (κ3) is 8.07. The minimum atomic E-state index is -1.14. The molecule has 1 aliphatic heterocycles. The Balaban J connectivity index is 3.78. The number of nitrogens with one attached hydrogen (secondary N) is 2. The highest BCUT2D eigenvalue weighted by Crippen LogP contribution is 2.41. The van der Waals surface area contributed by atoms with Gasteiger partial charge in [0.05, 0.1) is 29.5 Å². The quantitative estimate of drug-likeness (QED) is 0.220. The molecule has 5 N–H and O–H groups in total. The van der Waals surface area contributed by atoms with Crippen molar-refractivity contribution in [3.05, 3.63) is 0 Å². The van der Waals surface area contributed by atoms with E-state index in [0.29, 0.717) is 51.7 Å². The molecule has 0 aliphatic carbocycles. The van der Waals surface area contributed by atoms with Crippen molar-refractivity contribution in [3.8, 4) is 0 Å². The fourth-order valence-corrected chi connectivity index (χ4v) is 5.61. The zero-order chi connectivity index (χ0) is 27.6. The molecule has 0 bridgehead atoms. The van der Waals surface area contributed by atoms with E-state index in [2.05, 4.69) is 15.5 Å². The molecule has 0 aromatic rings. The Morgan fingerprint density at radius 3 is 1.56 bits per heavy atom. The topological polar surface area (TPSA) is 116 Å². The number of hydrogen-bond donors (Lipinski definition) is 5. The lowest BCUT2D eigenvalue weighted by Crippen LogP contribution is -2.67. The van der Waals surface area contributed by atoms with Crippen LogP contribution in [-0.4, -0.2) is 121 Å². The minimum absolute atomic E-state index is 0.337. The van der Waals surface area contributed by atoms with Crippen LogP contribution in [0.2, 0.25) is 0 Å². The van der Waals surface area contributed by atoms with Crippen LogP contribution in [0.3, 0.4) is 0 Å². The summed E-state index contributed by atoms with van der Waals surface area (Å²) in [6.07, 6.45) is 0.999. The molecule has 0 radical (unpaired) electrons. The standard InChI is InChI=1S/C27H57N3O6/c1-10-25(31,21(4)34-7)17-24(18-26(32,11-2)22(5)35-8)19-29-14-13-28-15-16-30(24)20-27(33,12-3)23(6)36-9/h21-23,28-29,31-33H,10-20H2,1-9H3. The van der Waals surface area contributed by atoms with Crippen molar-refractivity contribution in [1.82, 2.24) is 15.5 Å². The second-order valence-electron chi connectivity index (χ2n) is 10.9. The van der Waals surface area contributed by atoms with Crippen LogP contribution < -0.4 is 10.6 Å². The molecule has 6 atom stereocenters. The third-order valence-electron chi connectivity index (χ3n) is 9.06. The van der Waals surface area contributed by atoms with E-state index in [0.717, 1.165) is 19.6 Å². The summed E-state index contributed by atoms with van der Waals surface area (Å²) < 4.78 is 16.9. The normalized spacial score (nSPS) is 28.0. The van der Waals surface area contributed by atoms with Gasteiger partial charge in [-0.05, 0) is 52.9 Å². The minimum Gasteiger partial charge on any atom is -0.387 e. The highest BCUT2D eigenvalue weighted by molar-refractivity contribution is 5.08. The van der Waals surface area contributed by atoms with Gasteiger partial charge in [0.2, 0.25) is 0 Å². The summed E-state index contributed by atoms with van der Waals surface area (Å²) in [5, 5.41) is 42.7. The second-order valence-corrected chi connectivity index (χ2v) is 10.9. The molecule has 1 saturated heterocycles. The number of ether oxygens (including phenoxy) is 3. The first-order valence-electron chi connectivity index (χ1n) is 13.8. The van der Waals surface area contributed by atoms with E-state index in [9.17, 15) is 15.3 Å². The first kappa shape index (κ1) is 33.7. The maximum Gasteiger partial charge on any atom is 0.103 e. The lowest BCUT2D eigenvalue weighted by molar-refractivity contribution is -0.168. The number of rotatable bonds is 15. The summed E-state index contributed by atoms with van der Waals surface area (Å²) in [5.41, 5.74) is -4.10. The van der Waals surface area contributed by atoms with Crippen molar-refractivity contribution in [2.24, 2.45) is 0 Å². The van der Waals surface area contributed by atoms with Gasteiger partial charge in [0.15, 0.2) is 0 Å². The number of nitrogens with zero attached hydrogens (tertiary/aromatic N) is 1. The molecule has 0 amide bonds. The maximum absolute atomic E-state index is 11.9. The monoisotopic (exact) mass is 519 g/mol. The van der Waals surface area contributed by atoms with Crippen LogP contribution in [0.5, 0.6) is 0 Å². The van der Waals surface area contributed by atoms with E-state index in [-0.39, 0.29) is 6.10 Å². The molecule has 1 heterocycles. The Kier molecular flexibility index (Phi) is 13.7. The highest BCUT2D eigenvalue weighted by atomic mass is 16.5. The van der Waals surface area contributed by atoms with Crippen LogP contribution in [-0.2, 0) is 14.2 Å². The Hall–Kier alpha value is -0.360. The Labute approximate surface area is 220 Å². The fraction of sp³-hybridized carbons (Fsp3) is 1.00. The molecular weight excluding hydrogens is 462 g/mol. The van der Waals surface area contributed by atoms with Crippen LogP contribution in [0.4, 0.5) is 0 Å². The average Bonchev–Trinajstić information content (AvgIpc) is 2.97. The zero-order valence-corrected chi connectivity index (χ0v) is 24.5. The van der Waals surface area contributed by atoms with E-state index in [1.165, 1.54) is 0 Å². The molecule has 0 saturated carbocycles. The van der Waals surface area contributed by atoms with Gasteiger partial charge in [-0.2, -0.15) is 0 Å². The van der Waals surface area contributed by atoms with Gasteiger partial charge >= 0.3 is 0 Å². The van der Waals surface area contributed by atoms with Crippen LogP contribution >= 0.6 is 0 Å². The van der Waals surface area contributed by atoms with Gasteiger partial charge in [-0.3, -0.25) is 4.90 Å². The molecule has 0 aromatic heterocycles. The molecule has 1 aliphatic rings. The van der Waals surface area contributed by atoms with Crippen LogP contribution in [0.25, 0.3) is 0 Å². The molecule has 0 spiro atoms. The van der Waals surface area contributed by atoms with Crippen LogP contribution in [0, 0.1) is 0 Å². The van der Waals surface area contributed by atoms with Crippen molar-refractivity contribution in [2.75, 3.05) is 60.6 Å². The van der Waals surface area contributed by atoms with Gasteiger partial charge < -0.3 is 40.2 Å². The number of methoxy groups -OCH3 is 3. The van der Waals surface area contributed by atoms with Crippen molar-refractivity contribution >= 4 is 0 Å². The molecule has 9 heteroatoms. The highest BCUT2D eigenvalue weighted by Gasteiger charge is 2.52. The van der Waals surface area contributed by atoms with E-state index >= 15 is 0 Å². The molecular formula is C27H57N3O6. The largest absolute Gasteiger partial charge is 0.387 e. The summed E-state index contributed by atoms with van der Waals surface area (Å²) >= 11 is 0. The van der Waals surface area contributed by atoms with Gasteiger partial charge in [0.1, 0.15) is 5.60 Å². The van der Waals surface area contributed by atoms with E-state index < -0.39 is 34.6 Å². The van der Waals surface area contributed by atoms with Crippen molar-refractivity contribution < 1.29 is 29.5 Å². The summed E-state index contributed by atoms with van der Waals surface area (Å²) in [6, 6.07) is 0. The number of aliphatic hydroxyl groups is 3. The lowest BCUT2D eigenvalue weighted by Gasteiger charge is -2.54.